The molecule has 2 aliphatic rings. The van der Waals surface area contributed by atoms with Crippen molar-refractivity contribution in [3.63, 3.8) is 0 Å². The van der Waals surface area contributed by atoms with Crippen LogP contribution in [0.15, 0.2) is 24.3 Å². The van der Waals surface area contributed by atoms with Gasteiger partial charge in [-0.2, -0.15) is 0 Å². The lowest BCUT2D eigenvalue weighted by atomic mass is 10.1. The second-order valence-electron chi connectivity index (χ2n) is 6.01. The van der Waals surface area contributed by atoms with Crippen LogP contribution >= 0.6 is 0 Å². The SMILES string of the molecule is C=C(CCC1CO1)C(=O)OCC(C)OC(=O)C(=C)CCC1CO1. The van der Waals surface area contributed by atoms with Crippen LogP contribution < -0.4 is 0 Å². The third-order valence-electron chi connectivity index (χ3n) is 3.68. The molecule has 6 heteroatoms. The van der Waals surface area contributed by atoms with E-state index in [9.17, 15) is 9.59 Å². The lowest BCUT2D eigenvalue weighted by molar-refractivity contribution is -0.153. The third-order valence-corrected chi connectivity index (χ3v) is 3.68. The van der Waals surface area contributed by atoms with Gasteiger partial charge in [0, 0.05) is 11.1 Å². The van der Waals surface area contributed by atoms with Gasteiger partial charge in [-0.15, -0.1) is 0 Å². The van der Waals surface area contributed by atoms with Gasteiger partial charge in [0.25, 0.3) is 0 Å². The minimum atomic E-state index is -0.528. The van der Waals surface area contributed by atoms with E-state index in [1.165, 1.54) is 0 Å². The Morgan fingerprint density at radius 2 is 1.52 bits per heavy atom. The van der Waals surface area contributed by atoms with Crippen molar-refractivity contribution in [1.82, 2.24) is 0 Å². The topological polar surface area (TPSA) is 77.7 Å². The molecule has 0 saturated carbocycles. The van der Waals surface area contributed by atoms with Crippen molar-refractivity contribution in [2.75, 3.05) is 19.8 Å². The Morgan fingerprint density at radius 1 is 1.04 bits per heavy atom. The Kier molecular flexibility index (Phi) is 6.36. The van der Waals surface area contributed by atoms with E-state index in [-0.39, 0.29) is 18.8 Å². The zero-order valence-electron chi connectivity index (χ0n) is 13.5. The van der Waals surface area contributed by atoms with Gasteiger partial charge in [0.15, 0.2) is 0 Å². The van der Waals surface area contributed by atoms with Gasteiger partial charge in [-0.3, -0.25) is 0 Å². The maximum atomic E-state index is 11.8. The Hall–Kier alpha value is -1.66. The molecule has 0 bridgehead atoms. The fourth-order valence-corrected chi connectivity index (χ4v) is 1.94. The van der Waals surface area contributed by atoms with Gasteiger partial charge >= 0.3 is 11.9 Å². The summed E-state index contributed by atoms with van der Waals surface area (Å²) < 4.78 is 20.5. The lowest BCUT2D eigenvalue weighted by Crippen LogP contribution is -2.23. The van der Waals surface area contributed by atoms with Crippen molar-refractivity contribution in [2.24, 2.45) is 0 Å². The van der Waals surface area contributed by atoms with E-state index in [4.69, 9.17) is 18.9 Å². The predicted molar refractivity (Wildman–Crippen MR) is 82.7 cm³/mol. The number of esters is 2. The molecule has 0 N–H and O–H groups in total. The Bertz CT molecular complexity index is 475. The summed E-state index contributed by atoms with van der Waals surface area (Å²) >= 11 is 0. The minimum Gasteiger partial charge on any atom is -0.458 e. The highest BCUT2D eigenvalue weighted by Crippen LogP contribution is 2.20. The van der Waals surface area contributed by atoms with Crippen LogP contribution in [0.4, 0.5) is 0 Å². The first kappa shape index (κ1) is 17.7. The first-order valence-electron chi connectivity index (χ1n) is 7.92. The highest BCUT2D eigenvalue weighted by molar-refractivity contribution is 5.88. The van der Waals surface area contributed by atoms with E-state index in [2.05, 4.69) is 13.2 Å². The normalized spacial score (nSPS) is 22.8. The fourth-order valence-electron chi connectivity index (χ4n) is 1.94. The maximum Gasteiger partial charge on any atom is 0.333 e. The monoisotopic (exact) mass is 324 g/mol. The summed E-state index contributed by atoms with van der Waals surface area (Å²) in [6.07, 6.45) is 2.65. The molecule has 0 aromatic rings. The number of carbonyl (C=O) groups is 2. The molecule has 6 nitrogen and oxygen atoms in total. The molecule has 0 radical (unpaired) electrons. The second-order valence-corrected chi connectivity index (χ2v) is 6.01. The van der Waals surface area contributed by atoms with E-state index < -0.39 is 18.0 Å². The number of carbonyl (C=O) groups excluding carboxylic acids is 2. The molecule has 3 unspecified atom stereocenters. The molecule has 23 heavy (non-hydrogen) atoms. The highest BCUT2D eigenvalue weighted by atomic mass is 16.6. The van der Waals surface area contributed by atoms with Gasteiger partial charge < -0.3 is 18.9 Å². The van der Waals surface area contributed by atoms with Crippen LogP contribution in [-0.2, 0) is 28.5 Å². The minimum absolute atomic E-state index is 0.00252. The van der Waals surface area contributed by atoms with Crippen LogP contribution in [0.2, 0.25) is 0 Å². The number of rotatable bonds is 11. The fraction of sp³-hybridized carbons (Fsp3) is 0.647. The standard InChI is InChI=1S/C17H24O6/c1-11(4-6-14-9-20-14)16(18)22-8-13(3)23-17(19)12(2)5-7-15-10-21-15/h13-15H,1-2,4-10H2,3H3. The van der Waals surface area contributed by atoms with Gasteiger partial charge in [0.2, 0.25) is 0 Å². The summed E-state index contributed by atoms with van der Waals surface area (Å²) in [6, 6.07) is 0. The molecule has 2 rings (SSSR count). The Morgan fingerprint density at radius 3 is 2.00 bits per heavy atom. The van der Waals surface area contributed by atoms with E-state index >= 15 is 0 Å². The lowest BCUT2D eigenvalue weighted by Gasteiger charge is -2.15. The summed E-state index contributed by atoms with van der Waals surface area (Å²) in [5.41, 5.74) is 0.820. The maximum absolute atomic E-state index is 11.8. The van der Waals surface area contributed by atoms with Crippen molar-refractivity contribution < 1.29 is 28.5 Å². The van der Waals surface area contributed by atoms with Crippen LogP contribution in [-0.4, -0.2) is 50.1 Å². The number of epoxide rings is 2. The molecule has 3 atom stereocenters. The summed E-state index contributed by atoms with van der Waals surface area (Å²) in [6.45, 7) is 10.6. The van der Waals surface area contributed by atoms with E-state index in [1.54, 1.807) is 6.92 Å². The molecule has 0 spiro atoms. The van der Waals surface area contributed by atoms with Gasteiger partial charge in [-0.25, -0.2) is 9.59 Å². The van der Waals surface area contributed by atoms with Crippen LogP contribution in [0.5, 0.6) is 0 Å². The largest absolute Gasteiger partial charge is 0.458 e. The van der Waals surface area contributed by atoms with Crippen molar-refractivity contribution in [2.45, 2.75) is 50.9 Å². The molecule has 0 aliphatic carbocycles. The van der Waals surface area contributed by atoms with E-state index in [0.29, 0.717) is 24.0 Å². The van der Waals surface area contributed by atoms with Crippen molar-refractivity contribution >= 4 is 11.9 Å². The van der Waals surface area contributed by atoms with Crippen molar-refractivity contribution in [3.8, 4) is 0 Å². The molecule has 2 saturated heterocycles. The Balaban J connectivity index is 1.57. The summed E-state index contributed by atoms with van der Waals surface area (Å²) in [5.74, 6) is -0.919. The number of ether oxygens (including phenoxy) is 4. The Labute approximate surface area is 136 Å². The highest BCUT2D eigenvalue weighted by Gasteiger charge is 2.25. The predicted octanol–water partition coefficient (Wildman–Crippen LogP) is 1.93. The molecular formula is C17H24O6. The molecule has 2 heterocycles. The smallest absolute Gasteiger partial charge is 0.333 e. The van der Waals surface area contributed by atoms with Crippen LogP contribution in [0.3, 0.4) is 0 Å². The molecule has 0 aromatic carbocycles. The molecule has 0 amide bonds. The van der Waals surface area contributed by atoms with Gasteiger partial charge in [0.1, 0.15) is 12.7 Å². The molecule has 2 fully saturated rings. The second kappa shape index (κ2) is 8.26. The third kappa shape index (κ3) is 6.97. The van der Waals surface area contributed by atoms with Gasteiger partial charge in [0.05, 0.1) is 25.4 Å². The molecule has 0 aromatic heterocycles. The van der Waals surface area contributed by atoms with Gasteiger partial charge in [-0.05, 0) is 32.6 Å². The number of hydrogen-bond acceptors (Lipinski definition) is 6. The summed E-state index contributed by atoms with van der Waals surface area (Å²) in [4.78, 5) is 23.6. The van der Waals surface area contributed by atoms with E-state index in [1.807, 2.05) is 0 Å². The molecule has 2 aliphatic heterocycles. The summed E-state index contributed by atoms with van der Waals surface area (Å²) in [7, 11) is 0. The van der Waals surface area contributed by atoms with Crippen LogP contribution in [0.1, 0.15) is 32.6 Å². The average Bonchev–Trinajstić information content (AvgIpc) is 3.41. The van der Waals surface area contributed by atoms with Crippen molar-refractivity contribution in [3.05, 3.63) is 24.3 Å². The first-order chi connectivity index (χ1) is 11.0. The van der Waals surface area contributed by atoms with Crippen LogP contribution in [0.25, 0.3) is 0 Å². The average molecular weight is 324 g/mol. The zero-order chi connectivity index (χ0) is 16.8. The zero-order valence-corrected chi connectivity index (χ0v) is 13.5. The van der Waals surface area contributed by atoms with Crippen LogP contribution in [0, 0.1) is 0 Å². The van der Waals surface area contributed by atoms with Gasteiger partial charge in [-0.1, -0.05) is 13.2 Å². The molecule has 128 valence electrons. The van der Waals surface area contributed by atoms with Crippen molar-refractivity contribution in [1.29, 1.82) is 0 Å². The quantitative estimate of drug-likeness (QED) is 0.328. The molecular weight excluding hydrogens is 300 g/mol. The van der Waals surface area contributed by atoms with E-state index in [0.717, 1.165) is 26.1 Å². The number of hydrogen-bond donors (Lipinski definition) is 0. The summed E-state index contributed by atoms with van der Waals surface area (Å²) in [5, 5.41) is 0. The first-order valence-corrected chi connectivity index (χ1v) is 7.92.